The van der Waals surface area contributed by atoms with Crippen LogP contribution in [0.1, 0.15) is 12.0 Å². The highest BCUT2D eigenvalue weighted by Crippen LogP contribution is 2.36. The summed E-state index contributed by atoms with van der Waals surface area (Å²) in [6.45, 7) is 1.30. The average molecular weight is 440 g/mol. The Morgan fingerprint density at radius 3 is 2.42 bits per heavy atom. The van der Waals surface area contributed by atoms with Gasteiger partial charge in [-0.3, -0.25) is 4.31 Å². The van der Waals surface area contributed by atoms with E-state index in [9.17, 15) is 8.42 Å². The van der Waals surface area contributed by atoms with Crippen LogP contribution in [-0.2, 0) is 16.4 Å². The fraction of sp³-hybridized carbons (Fsp3) is 0.250. The molecule has 3 aromatic rings. The Kier molecular flexibility index (Phi) is 6.32. The summed E-state index contributed by atoms with van der Waals surface area (Å²) in [6, 6.07) is 21.9. The van der Waals surface area contributed by atoms with E-state index >= 15 is 0 Å². The number of ether oxygens (including phenoxy) is 3. The Labute approximate surface area is 183 Å². The van der Waals surface area contributed by atoms with Crippen LogP contribution in [0.5, 0.6) is 17.2 Å². The summed E-state index contributed by atoms with van der Waals surface area (Å²) in [5, 5.41) is 0. The van der Waals surface area contributed by atoms with Crippen LogP contribution in [0.2, 0.25) is 0 Å². The Morgan fingerprint density at radius 1 is 0.871 bits per heavy atom. The summed E-state index contributed by atoms with van der Waals surface area (Å²) in [6.07, 6.45) is 1.35. The average Bonchev–Trinajstić information content (AvgIpc) is 3.24. The monoisotopic (exact) mass is 439 g/mol. The molecular formula is C24H25NO5S. The number of fused-ring (bicyclic) bond motifs is 1. The third kappa shape index (κ3) is 4.61. The molecule has 1 aliphatic heterocycles. The van der Waals surface area contributed by atoms with Crippen molar-refractivity contribution in [2.75, 3.05) is 31.2 Å². The molecule has 0 spiro atoms. The van der Waals surface area contributed by atoms with Crippen LogP contribution in [0.25, 0.3) is 0 Å². The standard InChI is InChI=1S/C24H25NO5S/c1-28-23-13-12-21(31(26,27)25-15-14-19-8-5-6-11-22(19)25)18-24(23)30-17-7-16-29-20-9-3-2-4-10-20/h2-6,8-13,18H,7,14-17H2,1H3. The summed E-state index contributed by atoms with van der Waals surface area (Å²) in [7, 11) is -2.16. The maximum atomic E-state index is 13.3. The second-order valence-electron chi connectivity index (χ2n) is 7.13. The minimum atomic E-state index is -3.70. The van der Waals surface area contributed by atoms with Crippen LogP contribution in [0.15, 0.2) is 77.7 Å². The van der Waals surface area contributed by atoms with Gasteiger partial charge < -0.3 is 14.2 Å². The number of anilines is 1. The lowest BCUT2D eigenvalue weighted by Gasteiger charge is -2.20. The molecule has 31 heavy (non-hydrogen) atoms. The van der Waals surface area contributed by atoms with Gasteiger partial charge in [-0.15, -0.1) is 0 Å². The van der Waals surface area contributed by atoms with Gasteiger partial charge in [0.1, 0.15) is 5.75 Å². The highest BCUT2D eigenvalue weighted by Gasteiger charge is 2.31. The summed E-state index contributed by atoms with van der Waals surface area (Å²) in [5.74, 6) is 1.69. The second-order valence-corrected chi connectivity index (χ2v) is 8.99. The van der Waals surface area contributed by atoms with Crippen molar-refractivity contribution in [1.82, 2.24) is 0 Å². The van der Waals surface area contributed by atoms with Crippen molar-refractivity contribution in [3.8, 4) is 17.2 Å². The van der Waals surface area contributed by atoms with Crippen LogP contribution in [0.4, 0.5) is 5.69 Å². The number of rotatable bonds is 9. The molecule has 0 aromatic heterocycles. The van der Waals surface area contributed by atoms with Crippen molar-refractivity contribution in [2.45, 2.75) is 17.7 Å². The van der Waals surface area contributed by atoms with E-state index < -0.39 is 10.0 Å². The van der Waals surface area contributed by atoms with E-state index in [1.165, 1.54) is 17.5 Å². The minimum Gasteiger partial charge on any atom is -0.493 e. The first-order valence-corrected chi connectivity index (χ1v) is 11.6. The summed E-state index contributed by atoms with van der Waals surface area (Å²) in [5.41, 5.74) is 1.77. The highest BCUT2D eigenvalue weighted by atomic mass is 32.2. The first-order chi connectivity index (χ1) is 15.1. The molecule has 1 aliphatic rings. The van der Waals surface area contributed by atoms with E-state index in [0.29, 0.717) is 44.1 Å². The van der Waals surface area contributed by atoms with Crippen LogP contribution in [0.3, 0.4) is 0 Å². The van der Waals surface area contributed by atoms with Gasteiger partial charge in [-0.1, -0.05) is 36.4 Å². The third-order valence-electron chi connectivity index (χ3n) is 5.13. The maximum Gasteiger partial charge on any atom is 0.264 e. The number of para-hydroxylation sites is 2. The van der Waals surface area contributed by atoms with Gasteiger partial charge in [0.05, 0.1) is 30.9 Å². The first-order valence-electron chi connectivity index (χ1n) is 10.2. The van der Waals surface area contributed by atoms with Gasteiger partial charge in [0.15, 0.2) is 11.5 Å². The van der Waals surface area contributed by atoms with Crippen LogP contribution in [0, 0.1) is 0 Å². The van der Waals surface area contributed by atoms with Gasteiger partial charge in [-0.25, -0.2) is 8.42 Å². The SMILES string of the molecule is COc1ccc(S(=O)(=O)N2CCc3ccccc32)cc1OCCCOc1ccccc1. The van der Waals surface area contributed by atoms with E-state index in [2.05, 4.69) is 0 Å². The van der Waals surface area contributed by atoms with Gasteiger partial charge in [0.25, 0.3) is 10.0 Å². The predicted molar refractivity (Wildman–Crippen MR) is 120 cm³/mol. The van der Waals surface area contributed by atoms with Crippen molar-refractivity contribution in [3.63, 3.8) is 0 Å². The lowest BCUT2D eigenvalue weighted by molar-refractivity contribution is 0.240. The number of hydrogen-bond acceptors (Lipinski definition) is 5. The van der Waals surface area contributed by atoms with Crippen LogP contribution < -0.4 is 18.5 Å². The fourth-order valence-electron chi connectivity index (χ4n) is 3.56. The quantitative estimate of drug-likeness (QED) is 0.465. The normalized spacial score (nSPS) is 13.0. The molecule has 7 heteroatoms. The van der Waals surface area contributed by atoms with Crippen LogP contribution >= 0.6 is 0 Å². The largest absolute Gasteiger partial charge is 0.493 e. The van der Waals surface area contributed by atoms with E-state index in [1.54, 1.807) is 12.1 Å². The zero-order valence-corrected chi connectivity index (χ0v) is 18.2. The molecule has 162 valence electrons. The van der Waals surface area contributed by atoms with Gasteiger partial charge in [-0.2, -0.15) is 0 Å². The van der Waals surface area contributed by atoms with Gasteiger partial charge in [0, 0.05) is 19.0 Å². The molecule has 0 amide bonds. The molecule has 0 unspecified atom stereocenters. The molecule has 1 heterocycles. The lowest BCUT2D eigenvalue weighted by Crippen LogP contribution is -2.29. The number of methoxy groups -OCH3 is 1. The molecule has 0 N–H and O–H groups in total. The molecule has 0 saturated carbocycles. The molecular weight excluding hydrogens is 414 g/mol. The molecule has 6 nitrogen and oxygen atoms in total. The number of hydrogen-bond donors (Lipinski definition) is 0. The van der Waals surface area contributed by atoms with Crippen LogP contribution in [-0.4, -0.2) is 35.3 Å². The molecule has 0 fully saturated rings. The molecule has 0 bridgehead atoms. The number of nitrogens with zero attached hydrogens (tertiary/aromatic N) is 1. The fourth-order valence-corrected chi connectivity index (χ4v) is 5.08. The number of sulfonamides is 1. The summed E-state index contributed by atoms with van der Waals surface area (Å²) in [4.78, 5) is 0.181. The minimum absolute atomic E-state index is 0.181. The van der Waals surface area contributed by atoms with E-state index in [-0.39, 0.29) is 4.90 Å². The van der Waals surface area contributed by atoms with Gasteiger partial charge >= 0.3 is 0 Å². The highest BCUT2D eigenvalue weighted by molar-refractivity contribution is 7.92. The van der Waals surface area contributed by atoms with Crippen molar-refractivity contribution in [3.05, 3.63) is 78.4 Å². The Balaban J connectivity index is 1.45. The molecule has 4 rings (SSSR count). The Morgan fingerprint density at radius 2 is 1.61 bits per heavy atom. The zero-order valence-electron chi connectivity index (χ0n) is 17.4. The maximum absolute atomic E-state index is 13.3. The lowest BCUT2D eigenvalue weighted by atomic mass is 10.2. The van der Waals surface area contributed by atoms with E-state index in [1.807, 2.05) is 54.6 Å². The third-order valence-corrected chi connectivity index (χ3v) is 6.94. The molecule has 0 saturated heterocycles. The molecule has 0 aliphatic carbocycles. The first kappa shape index (κ1) is 21.1. The van der Waals surface area contributed by atoms with E-state index in [0.717, 1.165) is 17.0 Å². The topological polar surface area (TPSA) is 65.1 Å². The molecule has 3 aromatic carbocycles. The Hall–Kier alpha value is -3.19. The Bertz CT molecular complexity index is 1130. The summed E-state index contributed by atoms with van der Waals surface area (Å²) >= 11 is 0. The predicted octanol–water partition coefficient (Wildman–Crippen LogP) is 4.29. The van der Waals surface area contributed by atoms with Crippen molar-refractivity contribution in [2.24, 2.45) is 0 Å². The molecule has 0 radical (unpaired) electrons. The van der Waals surface area contributed by atoms with Gasteiger partial charge in [-0.05, 0) is 42.3 Å². The smallest absolute Gasteiger partial charge is 0.264 e. The number of benzene rings is 3. The van der Waals surface area contributed by atoms with Crippen molar-refractivity contribution in [1.29, 1.82) is 0 Å². The molecule has 0 atom stereocenters. The van der Waals surface area contributed by atoms with E-state index in [4.69, 9.17) is 14.2 Å². The zero-order chi connectivity index (χ0) is 21.7. The van der Waals surface area contributed by atoms with Gasteiger partial charge in [0.2, 0.25) is 0 Å². The van der Waals surface area contributed by atoms with Crippen molar-refractivity contribution < 1.29 is 22.6 Å². The van der Waals surface area contributed by atoms with Crippen molar-refractivity contribution >= 4 is 15.7 Å². The second kappa shape index (κ2) is 9.31. The summed E-state index contributed by atoms with van der Waals surface area (Å²) < 4.78 is 44.9.